The minimum absolute atomic E-state index is 0.00138. The van der Waals surface area contributed by atoms with E-state index in [0.29, 0.717) is 23.8 Å². The van der Waals surface area contributed by atoms with Gasteiger partial charge in [-0.2, -0.15) is 8.78 Å². The van der Waals surface area contributed by atoms with Crippen molar-refractivity contribution in [1.29, 1.82) is 0 Å². The number of carbonyl (C=O) groups excluding carboxylic acids is 1. The van der Waals surface area contributed by atoms with Crippen molar-refractivity contribution in [2.75, 3.05) is 12.0 Å². The summed E-state index contributed by atoms with van der Waals surface area (Å²) in [5.74, 6) is -0.422. The molecule has 3 heterocycles. The maximum absolute atomic E-state index is 15.0. The lowest BCUT2D eigenvalue weighted by Crippen LogP contribution is -2.46. The van der Waals surface area contributed by atoms with Gasteiger partial charge in [0.05, 0.1) is 31.1 Å². The van der Waals surface area contributed by atoms with Crippen molar-refractivity contribution < 1.29 is 32.2 Å². The van der Waals surface area contributed by atoms with E-state index >= 15 is 4.39 Å². The normalized spacial score (nSPS) is 22.4. The van der Waals surface area contributed by atoms with Crippen molar-refractivity contribution in [1.82, 2.24) is 4.98 Å². The monoisotopic (exact) mass is 540 g/mol. The summed E-state index contributed by atoms with van der Waals surface area (Å²) in [6.45, 7) is -2.55. The molecule has 2 aromatic carbocycles. The van der Waals surface area contributed by atoms with E-state index in [1.54, 1.807) is 30.3 Å². The molecular weight excluding hydrogens is 509 g/mol. The fraction of sp³-hybridized carbons (Fsp3) is 0.433. The van der Waals surface area contributed by atoms with E-state index in [1.165, 1.54) is 13.2 Å². The summed E-state index contributed by atoms with van der Waals surface area (Å²) in [6.07, 6.45) is 7.46. The second-order valence-corrected chi connectivity index (χ2v) is 10.6. The van der Waals surface area contributed by atoms with Crippen LogP contribution in [0.15, 0.2) is 48.7 Å². The smallest absolute Gasteiger partial charge is 0.387 e. The number of rotatable bonds is 9. The van der Waals surface area contributed by atoms with E-state index in [1.807, 2.05) is 12.3 Å². The lowest BCUT2D eigenvalue weighted by atomic mass is 9.97. The van der Waals surface area contributed by atoms with Crippen molar-refractivity contribution in [3.8, 4) is 16.9 Å². The Morgan fingerprint density at radius 1 is 1.05 bits per heavy atom. The number of hydrogen-bond donors (Lipinski definition) is 1. The van der Waals surface area contributed by atoms with Crippen molar-refractivity contribution in [3.63, 3.8) is 0 Å². The van der Waals surface area contributed by atoms with E-state index in [2.05, 4.69) is 9.88 Å². The van der Waals surface area contributed by atoms with Crippen LogP contribution in [-0.4, -0.2) is 42.9 Å². The van der Waals surface area contributed by atoms with Crippen LogP contribution < -0.4 is 9.64 Å². The lowest BCUT2D eigenvalue weighted by Gasteiger charge is -2.40. The average molecular weight is 541 g/mol. The number of nitrogens with zero attached hydrogens (tertiary/aromatic N) is 1. The molecule has 2 atom stereocenters. The predicted octanol–water partition coefficient (Wildman–Crippen LogP) is 6.80. The summed E-state index contributed by atoms with van der Waals surface area (Å²) in [4.78, 5) is 17.3. The Morgan fingerprint density at radius 3 is 2.46 bits per heavy atom. The molecule has 6 rings (SSSR count). The van der Waals surface area contributed by atoms with Crippen LogP contribution in [-0.2, 0) is 16.1 Å². The Labute approximate surface area is 225 Å². The van der Waals surface area contributed by atoms with Gasteiger partial charge < -0.3 is 24.1 Å². The van der Waals surface area contributed by atoms with Crippen LogP contribution in [0.3, 0.4) is 0 Å². The summed E-state index contributed by atoms with van der Waals surface area (Å²) in [7, 11) is 1.28. The number of H-pyrrole nitrogens is 1. The molecule has 1 saturated carbocycles. The summed E-state index contributed by atoms with van der Waals surface area (Å²) in [5, 5.41) is 0. The van der Waals surface area contributed by atoms with Crippen LogP contribution in [0.5, 0.6) is 5.75 Å². The molecule has 0 amide bonds. The van der Waals surface area contributed by atoms with Crippen molar-refractivity contribution in [3.05, 3.63) is 71.3 Å². The average Bonchev–Trinajstić information content (AvgIpc) is 3.63. The van der Waals surface area contributed by atoms with Gasteiger partial charge in [0, 0.05) is 40.7 Å². The van der Waals surface area contributed by atoms with Crippen molar-refractivity contribution in [2.24, 2.45) is 0 Å². The molecule has 2 unspecified atom stereocenters. The van der Waals surface area contributed by atoms with Gasteiger partial charge in [0.1, 0.15) is 11.6 Å². The quantitative estimate of drug-likeness (QED) is 0.303. The van der Waals surface area contributed by atoms with E-state index in [0.717, 1.165) is 55.3 Å². The number of aromatic nitrogens is 1. The Hall–Kier alpha value is -3.46. The van der Waals surface area contributed by atoms with Gasteiger partial charge in [0.2, 0.25) is 0 Å². The number of nitrogens with one attached hydrogen (secondary N) is 1. The molecule has 3 aliphatic rings. The van der Waals surface area contributed by atoms with Gasteiger partial charge >= 0.3 is 12.6 Å². The van der Waals surface area contributed by atoms with Gasteiger partial charge in [-0.05, 0) is 68.7 Å². The number of esters is 1. The third-order valence-corrected chi connectivity index (χ3v) is 8.20. The zero-order valence-corrected chi connectivity index (χ0v) is 21.7. The molecule has 39 heavy (non-hydrogen) atoms. The third-order valence-electron chi connectivity index (χ3n) is 8.20. The molecular formula is C30H31F3N2O4. The van der Waals surface area contributed by atoms with Crippen LogP contribution in [0.4, 0.5) is 18.9 Å². The molecule has 2 bridgehead atoms. The van der Waals surface area contributed by atoms with Gasteiger partial charge in [-0.15, -0.1) is 0 Å². The highest BCUT2D eigenvalue weighted by atomic mass is 19.3. The number of hydrogen-bond acceptors (Lipinski definition) is 5. The maximum atomic E-state index is 15.0. The molecule has 1 N–H and O–H groups in total. The molecule has 2 aliphatic heterocycles. The summed E-state index contributed by atoms with van der Waals surface area (Å²) in [6, 6.07) is 11.6. The van der Waals surface area contributed by atoms with Gasteiger partial charge in [0.25, 0.3) is 0 Å². The number of alkyl halides is 2. The van der Waals surface area contributed by atoms with Gasteiger partial charge in [-0.3, -0.25) is 0 Å². The third kappa shape index (κ3) is 5.12. The van der Waals surface area contributed by atoms with Crippen molar-refractivity contribution in [2.45, 2.75) is 75.8 Å². The van der Waals surface area contributed by atoms with Crippen molar-refractivity contribution >= 4 is 11.7 Å². The molecule has 3 fully saturated rings. The van der Waals surface area contributed by atoms with Crippen LogP contribution in [0.1, 0.15) is 66.1 Å². The first kappa shape index (κ1) is 25.8. The number of para-hydroxylation sites is 1. The standard InChI is InChI=1S/C30H31F3N2O4/c1-37-29(36)18-8-11-26(25(31)12-18)35-19-9-10-20(35)14-21(13-19)38-16-24-23(15-34-28(24)17-6-7-17)22-4-2-3-5-27(22)39-30(32)33/h2-5,8,11-12,15,17,19-21,30,34H,6-7,9-10,13-14,16H2,1H3. The Bertz CT molecular complexity index is 1340. The van der Waals surface area contributed by atoms with Crippen LogP contribution in [0.2, 0.25) is 0 Å². The fourth-order valence-electron chi connectivity index (χ4n) is 6.31. The summed E-state index contributed by atoms with van der Waals surface area (Å²) < 4.78 is 57.2. The van der Waals surface area contributed by atoms with Gasteiger partial charge in [-0.25, -0.2) is 9.18 Å². The molecule has 3 aromatic rings. The van der Waals surface area contributed by atoms with E-state index < -0.39 is 18.4 Å². The van der Waals surface area contributed by atoms with Gasteiger partial charge in [0.15, 0.2) is 0 Å². The van der Waals surface area contributed by atoms with E-state index in [4.69, 9.17) is 14.2 Å². The SMILES string of the molecule is COC(=O)c1ccc(N2C3CCC2CC(OCc2c(-c4ccccc4OC(F)F)c[nH]c2C2CC2)C3)c(F)c1. The number of halogens is 3. The molecule has 206 valence electrons. The maximum Gasteiger partial charge on any atom is 0.387 e. The topological polar surface area (TPSA) is 63.8 Å². The zero-order valence-electron chi connectivity index (χ0n) is 21.7. The first-order chi connectivity index (χ1) is 18.9. The van der Waals surface area contributed by atoms with Crippen LogP contribution >= 0.6 is 0 Å². The number of piperidine rings is 1. The number of benzene rings is 2. The molecule has 6 nitrogen and oxygen atoms in total. The molecule has 9 heteroatoms. The molecule has 0 radical (unpaired) electrons. The van der Waals surface area contributed by atoms with Gasteiger partial charge in [-0.1, -0.05) is 18.2 Å². The molecule has 2 saturated heterocycles. The minimum atomic E-state index is -2.91. The minimum Gasteiger partial charge on any atom is -0.465 e. The Morgan fingerprint density at radius 2 is 1.79 bits per heavy atom. The molecule has 1 aliphatic carbocycles. The zero-order chi connectivity index (χ0) is 27.1. The lowest BCUT2D eigenvalue weighted by molar-refractivity contribution is -0.0494. The summed E-state index contributed by atoms with van der Waals surface area (Å²) in [5.41, 5.74) is 4.22. The van der Waals surface area contributed by atoms with Crippen LogP contribution in [0, 0.1) is 5.82 Å². The van der Waals surface area contributed by atoms with Crippen LogP contribution in [0.25, 0.3) is 11.1 Å². The largest absolute Gasteiger partial charge is 0.465 e. The number of ether oxygens (including phenoxy) is 3. The first-order valence-corrected chi connectivity index (χ1v) is 13.4. The van der Waals surface area contributed by atoms with E-state index in [9.17, 15) is 13.6 Å². The number of fused-ring (bicyclic) bond motifs is 2. The number of anilines is 1. The fourth-order valence-corrected chi connectivity index (χ4v) is 6.31. The molecule has 0 spiro atoms. The second kappa shape index (κ2) is 10.6. The Balaban J connectivity index is 1.19. The Kier molecular flexibility index (Phi) is 7.01. The highest BCUT2D eigenvalue weighted by Crippen LogP contribution is 2.46. The van der Waals surface area contributed by atoms with E-state index in [-0.39, 0.29) is 29.5 Å². The molecule has 1 aromatic heterocycles. The highest BCUT2D eigenvalue weighted by Gasteiger charge is 2.42. The first-order valence-electron chi connectivity index (χ1n) is 13.4. The summed E-state index contributed by atoms with van der Waals surface area (Å²) >= 11 is 0. The predicted molar refractivity (Wildman–Crippen MR) is 140 cm³/mol. The number of aromatic amines is 1. The highest BCUT2D eigenvalue weighted by molar-refractivity contribution is 5.89. The number of carbonyl (C=O) groups is 1. The second-order valence-electron chi connectivity index (χ2n) is 10.6. The number of methoxy groups -OCH3 is 1.